The van der Waals surface area contributed by atoms with E-state index in [2.05, 4.69) is 9.97 Å². The zero-order valence-electron chi connectivity index (χ0n) is 12.0. The molecule has 0 saturated carbocycles. The van der Waals surface area contributed by atoms with E-state index >= 15 is 0 Å². The lowest BCUT2D eigenvalue weighted by atomic mass is 10.2. The van der Waals surface area contributed by atoms with Crippen molar-refractivity contribution in [3.05, 3.63) is 65.2 Å². The van der Waals surface area contributed by atoms with Gasteiger partial charge in [-0.2, -0.15) is 4.98 Å². The minimum atomic E-state index is -0.558. The van der Waals surface area contributed by atoms with Gasteiger partial charge in [0.2, 0.25) is 5.88 Å². The number of amides is 1. The van der Waals surface area contributed by atoms with E-state index in [1.54, 1.807) is 29.9 Å². The zero-order chi connectivity index (χ0) is 16.1. The first-order valence-corrected chi connectivity index (χ1v) is 7.62. The van der Waals surface area contributed by atoms with Crippen LogP contribution < -0.4 is 10.2 Å². The maximum Gasteiger partial charge on any atom is 0.284 e. The molecule has 0 atom stereocenters. The Morgan fingerprint density at radius 3 is 2.78 bits per heavy atom. The van der Waals surface area contributed by atoms with Crippen LogP contribution in [0.2, 0.25) is 0 Å². The van der Waals surface area contributed by atoms with Gasteiger partial charge in [0.15, 0.2) is 5.82 Å². The lowest BCUT2D eigenvalue weighted by molar-refractivity contribution is 0.0711. The average molecular weight is 327 g/mol. The summed E-state index contributed by atoms with van der Waals surface area (Å²) in [5.74, 6) is 0.371. The fraction of sp³-hybridized carbons (Fsp3) is 0.0625. The van der Waals surface area contributed by atoms with Crippen LogP contribution >= 0.6 is 11.3 Å². The van der Waals surface area contributed by atoms with Crippen LogP contribution in [0.1, 0.15) is 15.2 Å². The molecule has 2 N–H and O–H groups in total. The van der Waals surface area contributed by atoms with E-state index < -0.39 is 5.91 Å². The monoisotopic (exact) mass is 327 g/mol. The van der Waals surface area contributed by atoms with Crippen molar-refractivity contribution in [2.75, 3.05) is 0 Å². The molecule has 1 amide bonds. The van der Waals surface area contributed by atoms with Gasteiger partial charge >= 0.3 is 0 Å². The van der Waals surface area contributed by atoms with Gasteiger partial charge in [0.05, 0.1) is 9.75 Å². The third kappa shape index (κ3) is 3.71. The maximum absolute atomic E-state index is 11.4. The van der Waals surface area contributed by atoms with Crippen LogP contribution in [-0.2, 0) is 6.61 Å². The second-order valence-corrected chi connectivity index (χ2v) is 5.68. The first-order chi connectivity index (χ1) is 11.3. The molecule has 0 radical (unpaired) electrons. The fourth-order valence-corrected chi connectivity index (χ4v) is 2.75. The Morgan fingerprint density at radius 1 is 1.17 bits per heavy atom. The normalized spacial score (nSPS) is 10.3. The number of thiophene rings is 1. The summed E-state index contributed by atoms with van der Waals surface area (Å²) in [6, 6.07) is 14.8. The van der Waals surface area contributed by atoms with Crippen LogP contribution in [0.5, 0.6) is 5.88 Å². The summed E-state index contributed by atoms with van der Waals surface area (Å²) in [5.41, 5.74) is 2.65. The molecule has 3 rings (SSSR count). The van der Waals surface area contributed by atoms with Crippen LogP contribution in [0, 0.1) is 0 Å². The van der Waals surface area contributed by atoms with Crippen molar-refractivity contribution in [2.45, 2.75) is 6.61 Å². The number of carbonyl (C=O) groups is 1. The van der Waals surface area contributed by atoms with Gasteiger partial charge in [-0.05, 0) is 17.7 Å². The van der Waals surface area contributed by atoms with E-state index in [0.29, 0.717) is 28.1 Å². The average Bonchev–Trinajstić information content (AvgIpc) is 3.11. The highest BCUT2D eigenvalue weighted by molar-refractivity contribution is 7.17. The number of carbonyl (C=O) groups excluding carboxylic acids is 1. The number of hydrogen-bond acceptors (Lipinski definition) is 6. The van der Waals surface area contributed by atoms with Crippen LogP contribution in [0.3, 0.4) is 0 Å². The second kappa shape index (κ2) is 6.99. The van der Waals surface area contributed by atoms with Crippen molar-refractivity contribution >= 4 is 17.2 Å². The summed E-state index contributed by atoms with van der Waals surface area (Å²) in [7, 11) is 0. The molecule has 3 aromatic rings. The van der Waals surface area contributed by atoms with E-state index in [0.717, 1.165) is 5.56 Å². The van der Waals surface area contributed by atoms with Gasteiger partial charge in [-0.25, -0.2) is 10.5 Å². The van der Waals surface area contributed by atoms with E-state index in [4.69, 9.17) is 9.94 Å². The molecule has 23 heavy (non-hydrogen) atoms. The summed E-state index contributed by atoms with van der Waals surface area (Å²) in [5, 5.41) is 8.65. The summed E-state index contributed by atoms with van der Waals surface area (Å²) in [4.78, 5) is 21.0. The molecule has 1 aromatic carbocycles. The Morgan fingerprint density at radius 2 is 2.00 bits per heavy atom. The predicted molar refractivity (Wildman–Crippen MR) is 85.4 cm³/mol. The molecule has 116 valence electrons. The first-order valence-electron chi connectivity index (χ1n) is 6.80. The quantitative estimate of drug-likeness (QED) is 0.556. The van der Waals surface area contributed by atoms with Gasteiger partial charge in [0, 0.05) is 12.3 Å². The molecule has 0 spiro atoms. The van der Waals surface area contributed by atoms with Crippen LogP contribution in [0.4, 0.5) is 0 Å². The molecular formula is C16H13N3O3S. The van der Waals surface area contributed by atoms with E-state index in [1.807, 2.05) is 30.3 Å². The number of nitrogens with one attached hydrogen (secondary N) is 1. The van der Waals surface area contributed by atoms with Crippen LogP contribution in [-0.4, -0.2) is 21.1 Å². The van der Waals surface area contributed by atoms with Crippen molar-refractivity contribution in [3.8, 4) is 16.6 Å². The molecule has 0 fully saturated rings. The molecule has 0 bridgehead atoms. The molecule has 0 saturated heterocycles. The molecule has 2 aromatic heterocycles. The Bertz CT molecular complexity index is 805. The summed E-state index contributed by atoms with van der Waals surface area (Å²) < 4.78 is 5.66. The molecular weight excluding hydrogens is 314 g/mol. The molecule has 0 aliphatic rings. The maximum atomic E-state index is 11.4. The van der Waals surface area contributed by atoms with Crippen LogP contribution in [0.25, 0.3) is 10.7 Å². The van der Waals surface area contributed by atoms with E-state index in [-0.39, 0.29) is 0 Å². The smallest absolute Gasteiger partial charge is 0.284 e. The van der Waals surface area contributed by atoms with Gasteiger partial charge in [-0.15, -0.1) is 11.3 Å². The SMILES string of the molecule is O=C(NO)c1ccc(-c2nccc(OCc3ccccc3)n2)s1. The zero-order valence-corrected chi connectivity index (χ0v) is 12.8. The van der Waals surface area contributed by atoms with Crippen molar-refractivity contribution in [1.82, 2.24) is 15.4 Å². The van der Waals surface area contributed by atoms with E-state index in [9.17, 15) is 4.79 Å². The number of nitrogens with zero attached hydrogens (tertiary/aromatic N) is 2. The highest BCUT2D eigenvalue weighted by Gasteiger charge is 2.11. The lowest BCUT2D eigenvalue weighted by Gasteiger charge is -2.05. The molecule has 7 heteroatoms. The highest BCUT2D eigenvalue weighted by Crippen LogP contribution is 2.26. The summed E-state index contributed by atoms with van der Waals surface area (Å²) in [6.07, 6.45) is 1.61. The van der Waals surface area contributed by atoms with Crippen LogP contribution in [0.15, 0.2) is 54.7 Å². The van der Waals surface area contributed by atoms with Crippen molar-refractivity contribution in [2.24, 2.45) is 0 Å². The third-order valence-electron chi connectivity index (χ3n) is 3.01. The highest BCUT2D eigenvalue weighted by atomic mass is 32.1. The number of benzene rings is 1. The number of hydrogen-bond donors (Lipinski definition) is 2. The third-order valence-corrected chi connectivity index (χ3v) is 4.09. The Hall–Kier alpha value is -2.77. The number of aromatic nitrogens is 2. The Kier molecular flexibility index (Phi) is 4.60. The number of hydroxylamine groups is 1. The Labute approximate surface area is 136 Å². The molecule has 6 nitrogen and oxygen atoms in total. The molecule has 2 heterocycles. The van der Waals surface area contributed by atoms with Crippen molar-refractivity contribution < 1.29 is 14.7 Å². The number of rotatable bonds is 5. The van der Waals surface area contributed by atoms with Gasteiger partial charge in [-0.3, -0.25) is 10.0 Å². The minimum absolute atomic E-state index is 0.377. The van der Waals surface area contributed by atoms with Crippen molar-refractivity contribution in [3.63, 3.8) is 0 Å². The summed E-state index contributed by atoms with van der Waals surface area (Å²) >= 11 is 1.19. The predicted octanol–water partition coefficient (Wildman–Crippen LogP) is 2.90. The fourth-order valence-electron chi connectivity index (χ4n) is 1.91. The van der Waals surface area contributed by atoms with Gasteiger partial charge in [0.25, 0.3) is 5.91 Å². The number of ether oxygens (including phenoxy) is 1. The Balaban J connectivity index is 1.74. The summed E-state index contributed by atoms with van der Waals surface area (Å²) in [6.45, 7) is 0.417. The molecule has 0 aliphatic heterocycles. The largest absolute Gasteiger partial charge is 0.473 e. The molecule has 0 aliphatic carbocycles. The lowest BCUT2D eigenvalue weighted by Crippen LogP contribution is -2.16. The van der Waals surface area contributed by atoms with Gasteiger partial charge < -0.3 is 4.74 Å². The van der Waals surface area contributed by atoms with E-state index in [1.165, 1.54) is 11.3 Å². The van der Waals surface area contributed by atoms with Crippen molar-refractivity contribution in [1.29, 1.82) is 0 Å². The molecule has 0 unspecified atom stereocenters. The van der Waals surface area contributed by atoms with Gasteiger partial charge in [0.1, 0.15) is 6.61 Å². The standard InChI is InChI=1S/C16H13N3O3S/c20-16(19-21)13-7-6-12(23-13)15-17-9-8-14(18-15)22-10-11-4-2-1-3-5-11/h1-9,21H,10H2,(H,19,20). The minimum Gasteiger partial charge on any atom is -0.473 e. The second-order valence-electron chi connectivity index (χ2n) is 4.60. The topological polar surface area (TPSA) is 84.3 Å². The van der Waals surface area contributed by atoms with Gasteiger partial charge in [-0.1, -0.05) is 30.3 Å². The first kappa shape index (κ1) is 15.1.